The molecule has 10 heavy (non-hydrogen) atoms. The monoisotopic (exact) mass is 137 g/mol. The Morgan fingerprint density at radius 1 is 1.70 bits per heavy atom. The minimum atomic E-state index is 0.222. The Balaban J connectivity index is 2.67. The molecule has 0 unspecified atom stereocenters. The Labute approximate surface area is 62.6 Å². The zero-order valence-electron chi connectivity index (χ0n) is 6.72. The van der Waals surface area contributed by atoms with Crippen LogP contribution in [0.3, 0.4) is 0 Å². The van der Waals surface area contributed by atoms with Gasteiger partial charge in [-0.2, -0.15) is 0 Å². The maximum Gasteiger partial charge on any atom is 0.00146 e. The number of hydrogen-bond donors (Lipinski definition) is 1. The number of nitrogens with two attached hydrogens (primary N) is 1. The van der Waals surface area contributed by atoms with Gasteiger partial charge in [0.2, 0.25) is 0 Å². The van der Waals surface area contributed by atoms with E-state index in [2.05, 4.69) is 32.1 Å². The van der Waals surface area contributed by atoms with Gasteiger partial charge in [-0.1, -0.05) is 30.7 Å². The average molecular weight is 137 g/mol. The highest BCUT2D eigenvalue weighted by Crippen LogP contribution is 2.27. The van der Waals surface area contributed by atoms with Gasteiger partial charge < -0.3 is 5.73 Å². The first kappa shape index (κ1) is 7.55. The van der Waals surface area contributed by atoms with Crippen LogP contribution < -0.4 is 5.73 Å². The van der Waals surface area contributed by atoms with Gasteiger partial charge in [0, 0.05) is 12.0 Å². The van der Waals surface area contributed by atoms with E-state index in [1.54, 1.807) is 0 Å². The molecule has 0 aromatic heterocycles. The Morgan fingerprint density at radius 3 is 2.80 bits per heavy atom. The maximum absolute atomic E-state index is 5.60. The van der Waals surface area contributed by atoms with Crippen LogP contribution in [0.2, 0.25) is 0 Å². The molecule has 1 nitrogen and oxygen atoms in total. The molecule has 56 valence electrons. The molecule has 1 atom stereocenters. The molecule has 1 rings (SSSR count). The second-order valence-corrected chi connectivity index (χ2v) is 3.34. The Bertz CT molecular complexity index is 179. The number of allylic oxidation sites excluding steroid dienone is 3. The van der Waals surface area contributed by atoms with E-state index in [1.807, 2.05) is 0 Å². The largest absolute Gasteiger partial charge is 0.330 e. The van der Waals surface area contributed by atoms with Crippen molar-refractivity contribution >= 4 is 0 Å². The summed E-state index contributed by atoms with van der Waals surface area (Å²) < 4.78 is 0. The summed E-state index contributed by atoms with van der Waals surface area (Å²) in [5.41, 5.74) is 7.18. The van der Waals surface area contributed by atoms with Crippen LogP contribution in [0.1, 0.15) is 20.3 Å². The van der Waals surface area contributed by atoms with Crippen molar-refractivity contribution in [3.8, 4) is 0 Å². The molecule has 0 saturated carbocycles. The van der Waals surface area contributed by atoms with Crippen LogP contribution in [0.4, 0.5) is 0 Å². The third-order valence-electron chi connectivity index (χ3n) is 2.11. The molecule has 0 radical (unpaired) electrons. The molecule has 0 saturated heterocycles. The molecular weight excluding hydrogens is 122 g/mol. The van der Waals surface area contributed by atoms with Crippen LogP contribution in [0, 0.1) is 5.41 Å². The lowest BCUT2D eigenvalue weighted by Crippen LogP contribution is -2.25. The number of rotatable bonds is 1. The average Bonchev–Trinajstić information content (AvgIpc) is 1.96. The Hall–Kier alpha value is -0.560. The summed E-state index contributed by atoms with van der Waals surface area (Å²) in [7, 11) is 0. The zero-order chi connectivity index (χ0) is 7.61. The zero-order valence-corrected chi connectivity index (χ0v) is 6.72. The fraction of sp³-hybridized carbons (Fsp3) is 0.556. The van der Waals surface area contributed by atoms with Crippen molar-refractivity contribution in [3.05, 3.63) is 23.8 Å². The van der Waals surface area contributed by atoms with Crippen molar-refractivity contribution in [2.75, 3.05) is 6.54 Å². The van der Waals surface area contributed by atoms with E-state index < -0.39 is 0 Å². The summed E-state index contributed by atoms with van der Waals surface area (Å²) >= 11 is 0. The first-order valence-electron chi connectivity index (χ1n) is 3.72. The van der Waals surface area contributed by atoms with Gasteiger partial charge in [-0.25, -0.2) is 0 Å². The summed E-state index contributed by atoms with van der Waals surface area (Å²) in [5, 5.41) is 0. The van der Waals surface area contributed by atoms with Crippen molar-refractivity contribution in [2.45, 2.75) is 20.3 Å². The maximum atomic E-state index is 5.60. The van der Waals surface area contributed by atoms with Crippen molar-refractivity contribution in [3.63, 3.8) is 0 Å². The van der Waals surface area contributed by atoms with E-state index in [0.717, 1.165) is 13.0 Å². The van der Waals surface area contributed by atoms with Gasteiger partial charge in [-0.05, 0) is 13.3 Å². The van der Waals surface area contributed by atoms with Gasteiger partial charge in [-0.3, -0.25) is 0 Å². The second-order valence-electron chi connectivity index (χ2n) is 3.34. The highest BCUT2D eigenvalue weighted by atomic mass is 14.6. The highest BCUT2D eigenvalue weighted by molar-refractivity contribution is 5.24. The lowest BCUT2D eigenvalue weighted by Gasteiger charge is -2.25. The van der Waals surface area contributed by atoms with Crippen LogP contribution in [0.15, 0.2) is 23.8 Å². The summed E-state index contributed by atoms with van der Waals surface area (Å²) in [6.45, 7) is 5.05. The predicted octanol–water partition coefficient (Wildman–Crippen LogP) is 1.86. The molecular formula is C9H15N. The molecule has 0 fully saturated rings. The van der Waals surface area contributed by atoms with Crippen LogP contribution in [0.25, 0.3) is 0 Å². The molecule has 0 aromatic carbocycles. The Morgan fingerprint density at radius 2 is 2.40 bits per heavy atom. The molecule has 0 aromatic rings. The van der Waals surface area contributed by atoms with E-state index in [-0.39, 0.29) is 5.41 Å². The van der Waals surface area contributed by atoms with Crippen molar-refractivity contribution in [2.24, 2.45) is 11.1 Å². The van der Waals surface area contributed by atoms with Gasteiger partial charge in [0.15, 0.2) is 0 Å². The minimum Gasteiger partial charge on any atom is -0.330 e. The molecule has 0 spiro atoms. The molecule has 1 aliphatic rings. The predicted molar refractivity (Wildman–Crippen MR) is 44.7 cm³/mol. The fourth-order valence-electron chi connectivity index (χ4n) is 1.01. The van der Waals surface area contributed by atoms with Gasteiger partial charge in [0.05, 0.1) is 0 Å². The van der Waals surface area contributed by atoms with Crippen LogP contribution in [0.5, 0.6) is 0 Å². The quantitative estimate of drug-likeness (QED) is 0.586. The molecule has 1 heteroatoms. The smallest absolute Gasteiger partial charge is 0.00146 e. The summed E-state index contributed by atoms with van der Waals surface area (Å²) in [6.07, 6.45) is 7.69. The minimum absolute atomic E-state index is 0.222. The van der Waals surface area contributed by atoms with Crippen LogP contribution in [-0.2, 0) is 0 Å². The first-order valence-corrected chi connectivity index (χ1v) is 3.72. The van der Waals surface area contributed by atoms with Gasteiger partial charge in [-0.15, -0.1) is 0 Å². The van der Waals surface area contributed by atoms with Gasteiger partial charge >= 0.3 is 0 Å². The van der Waals surface area contributed by atoms with Crippen LogP contribution >= 0.6 is 0 Å². The highest BCUT2D eigenvalue weighted by Gasteiger charge is 2.18. The third-order valence-corrected chi connectivity index (χ3v) is 2.11. The lowest BCUT2D eigenvalue weighted by atomic mass is 9.82. The van der Waals surface area contributed by atoms with Crippen LogP contribution in [-0.4, -0.2) is 6.54 Å². The van der Waals surface area contributed by atoms with E-state index in [9.17, 15) is 0 Å². The fourth-order valence-corrected chi connectivity index (χ4v) is 1.01. The van der Waals surface area contributed by atoms with Crippen molar-refractivity contribution in [1.82, 2.24) is 0 Å². The Kier molecular flexibility index (Phi) is 1.95. The second kappa shape index (κ2) is 2.59. The van der Waals surface area contributed by atoms with Gasteiger partial charge in [0.25, 0.3) is 0 Å². The van der Waals surface area contributed by atoms with Crippen molar-refractivity contribution in [1.29, 1.82) is 0 Å². The standard InChI is InChI=1S/C9H15N/c1-8-3-5-9(2,7-10)6-4-8/h3-5H,6-7,10H2,1-2H3/t9-/m0/s1. The lowest BCUT2D eigenvalue weighted by molar-refractivity contribution is 0.441. The number of hydrogen-bond acceptors (Lipinski definition) is 1. The summed E-state index contributed by atoms with van der Waals surface area (Å²) in [6, 6.07) is 0. The summed E-state index contributed by atoms with van der Waals surface area (Å²) in [4.78, 5) is 0. The molecule has 1 aliphatic carbocycles. The normalized spacial score (nSPS) is 32.1. The topological polar surface area (TPSA) is 26.0 Å². The van der Waals surface area contributed by atoms with Crippen molar-refractivity contribution < 1.29 is 0 Å². The first-order chi connectivity index (χ1) is 4.66. The van der Waals surface area contributed by atoms with E-state index in [1.165, 1.54) is 5.57 Å². The van der Waals surface area contributed by atoms with E-state index in [0.29, 0.717) is 0 Å². The third kappa shape index (κ3) is 1.48. The summed E-state index contributed by atoms with van der Waals surface area (Å²) in [5.74, 6) is 0. The van der Waals surface area contributed by atoms with E-state index >= 15 is 0 Å². The molecule has 0 bridgehead atoms. The SMILES string of the molecule is CC1=CC[C@@](C)(CN)C=C1. The molecule has 0 heterocycles. The van der Waals surface area contributed by atoms with E-state index in [4.69, 9.17) is 5.73 Å². The van der Waals surface area contributed by atoms with Gasteiger partial charge in [0.1, 0.15) is 0 Å². The molecule has 0 amide bonds. The molecule has 0 aliphatic heterocycles. The molecule has 2 N–H and O–H groups in total.